The summed E-state index contributed by atoms with van der Waals surface area (Å²) in [5, 5.41) is 0. The summed E-state index contributed by atoms with van der Waals surface area (Å²) in [5.41, 5.74) is 3.25. The molecule has 72 valence electrons. The van der Waals surface area contributed by atoms with Crippen molar-refractivity contribution in [1.82, 2.24) is 0 Å². The molecule has 1 saturated carbocycles. The standard InChI is InChI=1S/C12H12O2/c1-8-5-12(8)11-3-2-9(6-13)4-10(11)7-14-12/h2-4,6,8H,5,7H2,1H3. The van der Waals surface area contributed by atoms with Crippen LogP contribution in [0, 0.1) is 5.92 Å². The Kier molecular flexibility index (Phi) is 1.43. The van der Waals surface area contributed by atoms with Crippen LogP contribution in [0.15, 0.2) is 18.2 Å². The third-order valence-corrected chi connectivity index (χ3v) is 3.45. The zero-order valence-corrected chi connectivity index (χ0v) is 8.12. The second kappa shape index (κ2) is 2.45. The molecule has 1 spiro atoms. The Bertz CT molecular complexity index is 411. The Morgan fingerprint density at radius 2 is 2.36 bits per heavy atom. The molecule has 0 N–H and O–H groups in total. The maximum absolute atomic E-state index is 10.6. The van der Waals surface area contributed by atoms with Crippen molar-refractivity contribution in [2.75, 3.05) is 0 Å². The van der Waals surface area contributed by atoms with Crippen LogP contribution in [0.5, 0.6) is 0 Å². The van der Waals surface area contributed by atoms with E-state index >= 15 is 0 Å². The molecule has 1 aliphatic heterocycles. The average Bonchev–Trinajstić information content (AvgIpc) is 2.71. The van der Waals surface area contributed by atoms with Gasteiger partial charge in [0.25, 0.3) is 0 Å². The molecule has 3 rings (SSSR count). The van der Waals surface area contributed by atoms with E-state index in [1.54, 1.807) is 0 Å². The highest BCUT2D eigenvalue weighted by Gasteiger charge is 2.57. The molecular weight excluding hydrogens is 176 g/mol. The average molecular weight is 188 g/mol. The lowest BCUT2D eigenvalue weighted by molar-refractivity contribution is 0.0331. The largest absolute Gasteiger partial charge is 0.365 e. The fourth-order valence-corrected chi connectivity index (χ4v) is 2.48. The normalized spacial score (nSPS) is 33.1. The molecule has 2 atom stereocenters. The van der Waals surface area contributed by atoms with Crippen LogP contribution in [0.3, 0.4) is 0 Å². The lowest BCUT2D eigenvalue weighted by Gasteiger charge is -2.08. The van der Waals surface area contributed by atoms with E-state index in [9.17, 15) is 4.79 Å². The SMILES string of the molecule is CC1CC12OCc1cc(C=O)ccc12. The maximum Gasteiger partial charge on any atom is 0.150 e. The van der Waals surface area contributed by atoms with Crippen LogP contribution in [-0.4, -0.2) is 6.29 Å². The smallest absolute Gasteiger partial charge is 0.150 e. The second-order valence-electron chi connectivity index (χ2n) is 4.32. The molecular formula is C12H12O2. The topological polar surface area (TPSA) is 26.3 Å². The number of ether oxygens (including phenoxy) is 1. The quantitative estimate of drug-likeness (QED) is 0.632. The van der Waals surface area contributed by atoms with Gasteiger partial charge < -0.3 is 4.74 Å². The highest BCUT2D eigenvalue weighted by molar-refractivity contribution is 5.75. The zero-order valence-electron chi connectivity index (χ0n) is 8.12. The van der Waals surface area contributed by atoms with Gasteiger partial charge in [-0.1, -0.05) is 19.1 Å². The van der Waals surface area contributed by atoms with E-state index < -0.39 is 0 Å². The van der Waals surface area contributed by atoms with Gasteiger partial charge in [-0.2, -0.15) is 0 Å². The van der Waals surface area contributed by atoms with Gasteiger partial charge in [0.15, 0.2) is 0 Å². The molecule has 2 aliphatic rings. The number of rotatable bonds is 1. The van der Waals surface area contributed by atoms with Gasteiger partial charge in [0.05, 0.1) is 12.2 Å². The molecule has 0 radical (unpaired) electrons. The van der Waals surface area contributed by atoms with Crippen molar-refractivity contribution in [1.29, 1.82) is 0 Å². The number of fused-ring (bicyclic) bond motifs is 2. The van der Waals surface area contributed by atoms with Crippen molar-refractivity contribution in [2.24, 2.45) is 5.92 Å². The first-order chi connectivity index (χ1) is 6.76. The van der Waals surface area contributed by atoms with Gasteiger partial charge in [0.2, 0.25) is 0 Å². The van der Waals surface area contributed by atoms with Gasteiger partial charge >= 0.3 is 0 Å². The maximum atomic E-state index is 10.6. The third-order valence-electron chi connectivity index (χ3n) is 3.45. The molecule has 2 nitrogen and oxygen atoms in total. The highest BCUT2D eigenvalue weighted by atomic mass is 16.5. The third kappa shape index (κ3) is 0.867. The number of hydrogen-bond acceptors (Lipinski definition) is 2. The summed E-state index contributed by atoms with van der Waals surface area (Å²) >= 11 is 0. The fraction of sp³-hybridized carbons (Fsp3) is 0.417. The molecule has 14 heavy (non-hydrogen) atoms. The van der Waals surface area contributed by atoms with Crippen molar-refractivity contribution < 1.29 is 9.53 Å². The molecule has 2 heteroatoms. The van der Waals surface area contributed by atoms with Gasteiger partial charge in [0, 0.05) is 5.56 Å². The van der Waals surface area contributed by atoms with E-state index in [1.807, 2.05) is 12.1 Å². The van der Waals surface area contributed by atoms with Crippen LogP contribution in [0.1, 0.15) is 34.8 Å². The van der Waals surface area contributed by atoms with Crippen molar-refractivity contribution in [3.8, 4) is 0 Å². The lowest BCUT2D eigenvalue weighted by Crippen LogP contribution is -2.05. The fourth-order valence-electron chi connectivity index (χ4n) is 2.48. The van der Waals surface area contributed by atoms with Crippen molar-refractivity contribution in [2.45, 2.75) is 25.6 Å². The molecule has 0 aromatic heterocycles. The van der Waals surface area contributed by atoms with Gasteiger partial charge in [-0.05, 0) is 29.5 Å². The monoisotopic (exact) mass is 188 g/mol. The van der Waals surface area contributed by atoms with Crippen LogP contribution >= 0.6 is 0 Å². The number of hydrogen-bond donors (Lipinski definition) is 0. The van der Waals surface area contributed by atoms with Gasteiger partial charge in [-0.3, -0.25) is 4.79 Å². The first-order valence-electron chi connectivity index (χ1n) is 4.99. The number of carbonyl (C=O) groups excluding carboxylic acids is 1. The molecule has 0 amide bonds. The Balaban J connectivity index is 2.10. The Morgan fingerprint density at radius 3 is 3.00 bits per heavy atom. The van der Waals surface area contributed by atoms with Crippen LogP contribution < -0.4 is 0 Å². The van der Waals surface area contributed by atoms with E-state index in [4.69, 9.17) is 4.74 Å². The lowest BCUT2D eigenvalue weighted by atomic mass is 10.0. The van der Waals surface area contributed by atoms with Crippen LogP contribution in [0.25, 0.3) is 0 Å². The van der Waals surface area contributed by atoms with Gasteiger partial charge in [-0.15, -0.1) is 0 Å². The van der Waals surface area contributed by atoms with Crippen LogP contribution in [-0.2, 0) is 16.9 Å². The Morgan fingerprint density at radius 1 is 1.57 bits per heavy atom. The molecule has 2 unspecified atom stereocenters. The second-order valence-corrected chi connectivity index (χ2v) is 4.32. The van der Waals surface area contributed by atoms with E-state index in [0.717, 1.165) is 18.3 Å². The predicted octanol–water partition coefficient (Wildman–Crippen LogP) is 2.26. The summed E-state index contributed by atoms with van der Waals surface area (Å²) in [5.74, 6) is 0.630. The Labute approximate surface area is 82.9 Å². The minimum Gasteiger partial charge on any atom is -0.365 e. The molecule has 1 aromatic rings. The number of aldehydes is 1. The van der Waals surface area contributed by atoms with E-state index in [-0.39, 0.29) is 5.60 Å². The summed E-state index contributed by atoms with van der Waals surface area (Å²) < 4.78 is 5.82. The molecule has 1 aromatic carbocycles. The zero-order chi connectivity index (χ0) is 9.76. The minimum atomic E-state index is 0.0107. The van der Waals surface area contributed by atoms with Crippen LogP contribution in [0.2, 0.25) is 0 Å². The van der Waals surface area contributed by atoms with Crippen molar-refractivity contribution in [3.63, 3.8) is 0 Å². The molecule has 1 fully saturated rings. The van der Waals surface area contributed by atoms with Gasteiger partial charge in [-0.25, -0.2) is 0 Å². The summed E-state index contributed by atoms with van der Waals surface area (Å²) in [7, 11) is 0. The van der Waals surface area contributed by atoms with Crippen molar-refractivity contribution >= 4 is 6.29 Å². The minimum absolute atomic E-state index is 0.0107. The van der Waals surface area contributed by atoms with E-state index in [1.165, 1.54) is 11.1 Å². The summed E-state index contributed by atoms with van der Waals surface area (Å²) in [4.78, 5) is 10.6. The van der Waals surface area contributed by atoms with E-state index in [2.05, 4.69) is 13.0 Å². The van der Waals surface area contributed by atoms with Gasteiger partial charge in [0.1, 0.15) is 6.29 Å². The predicted molar refractivity (Wildman–Crippen MR) is 52.1 cm³/mol. The molecule has 1 aliphatic carbocycles. The molecule has 1 heterocycles. The van der Waals surface area contributed by atoms with E-state index in [0.29, 0.717) is 12.5 Å². The molecule has 0 saturated heterocycles. The number of benzene rings is 1. The highest BCUT2D eigenvalue weighted by Crippen LogP contribution is 2.59. The number of carbonyl (C=O) groups is 1. The Hall–Kier alpha value is -1.15. The molecule has 0 bridgehead atoms. The first-order valence-corrected chi connectivity index (χ1v) is 4.99. The van der Waals surface area contributed by atoms with Crippen LogP contribution in [0.4, 0.5) is 0 Å². The summed E-state index contributed by atoms with van der Waals surface area (Å²) in [6, 6.07) is 5.88. The van der Waals surface area contributed by atoms with Crippen molar-refractivity contribution in [3.05, 3.63) is 34.9 Å². The summed E-state index contributed by atoms with van der Waals surface area (Å²) in [6.07, 6.45) is 2.02. The summed E-state index contributed by atoms with van der Waals surface area (Å²) in [6.45, 7) is 2.88. The first kappa shape index (κ1) is 8.18.